The summed E-state index contributed by atoms with van der Waals surface area (Å²) in [5.74, 6) is 0.343. The number of carbonyl (C=O) groups is 2. The van der Waals surface area contributed by atoms with Crippen molar-refractivity contribution in [3.63, 3.8) is 0 Å². The molecule has 4 rings (SSSR count). The first-order valence-electron chi connectivity index (χ1n) is 14.0. The van der Waals surface area contributed by atoms with Crippen LogP contribution in [0.2, 0.25) is 0 Å². The zero-order valence-electron chi connectivity index (χ0n) is 23.5. The molecule has 0 saturated carbocycles. The van der Waals surface area contributed by atoms with Gasteiger partial charge < -0.3 is 14.4 Å². The Labute approximate surface area is 231 Å². The predicted molar refractivity (Wildman–Crippen MR) is 153 cm³/mol. The number of hydrogen-bond acceptors (Lipinski definition) is 7. The quantitative estimate of drug-likeness (QED) is 0.201. The summed E-state index contributed by atoms with van der Waals surface area (Å²) < 4.78 is 10.7. The maximum absolute atomic E-state index is 12.0. The zero-order chi connectivity index (χ0) is 27.8. The molecule has 7 nitrogen and oxygen atoms in total. The lowest BCUT2D eigenvalue weighted by Gasteiger charge is -2.34. The molecule has 1 atom stereocenters. The van der Waals surface area contributed by atoms with E-state index in [1.54, 1.807) is 0 Å². The third-order valence-corrected chi connectivity index (χ3v) is 6.99. The summed E-state index contributed by atoms with van der Waals surface area (Å²) in [6.45, 7) is 9.40. The number of aromatic nitrogens is 2. The van der Waals surface area contributed by atoms with Gasteiger partial charge in [0.25, 0.3) is 0 Å². The smallest absolute Gasteiger partial charge is 0.305 e. The van der Waals surface area contributed by atoms with E-state index in [0.29, 0.717) is 25.1 Å². The van der Waals surface area contributed by atoms with E-state index >= 15 is 0 Å². The van der Waals surface area contributed by atoms with E-state index < -0.39 is 6.10 Å². The molecule has 1 unspecified atom stereocenters. The third-order valence-electron chi connectivity index (χ3n) is 6.99. The van der Waals surface area contributed by atoms with Gasteiger partial charge in [0.1, 0.15) is 11.8 Å². The second-order valence-electron chi connectivity index (χ2n) is 10.2. The molecular weight excluding hydrogens is 490 g/mol. The summed E-state index contributed by atoms with van der Waals surface area (Å²) in [5, 5.41) is 0. The van der Waals surface area contributed by atoms with Crippen LogP contribution in [-0.2, 0) is 19.1 Å². The number of ether oxygens (including phenoxy) is 2. The molecule has 3 aromatic rings. The lowest BCUT2D eigenvalue weighted by Crippen LogP contribution is -2.35. The van der Waals surface area contributed by atoms with Crippen molar-refractivity contribution in [1.82, 2.24) is 9.97 Å². The van der Waals surface area contributed by atoms with Gasteiger partial charge in [-0.3, -0.25) is 9.59 Å². The van der Waals surface area contributed by atoms with Crippen LogP contribution in [0.3, 0.4) is 0 Å². The van der Waals surface area contributed by atoms with Crippen molar-refractivity contribution in [3.8, 4) is 22.5 Å². The first-order chi connectivity index (χ1) is 18.9. The van der Waals surface area contributed by atoms with Crippen molar-refractivity contribution in [2.75, 3.05) is 24.6 Å². The van der Waals surface area contributed by atoms with Gasteiger partial charge in [0.15, 0.2) is 5.82 Å². The predicted octanol–water partition coefficient (Wildman–Crippen LogP) is 6.76. The Morgan fingerprint density at radius 1 is 0.872 bits per heavy atom. The molecule has 0 fully saturated rings. The van der Waals surface area contributed by atoms with Gasteiger partial charge in [-0.1, -0.05) is 72.5 Å². The summed E-state index contributed by atoms with van der Waals surface area (Å²) in [7, 11) is 0. The molecule has 7 heteroatoms. The number of esters is 2. The lowest BCUT2D eigenvalue weighted by atomic mass is 10.00. The first-order valence-corrected chi connectivity index (χ1v) is 14.0. The minimum absolute atomic E-state index is 0.123. The molecule has 39 heavy (non-hydrogen) atoms. The minimum atomic E-state index is -0.429. The maximum atomic E-state index is 12.0. The summed E-state index contributed by atoms with van der Waals surface area (Å²) in [6, 6.07) is 16.6. The van der Waals surface area contributed by atoms with Gasteiger partial charge >= 0.3 is 11.9 Å². The number of unbranched alkanes of at least 4 members (excludes halogenated alkanes) is 3. The first kappa shape index (κ1) is 28.3. The van der Waals surface area contributed by atoms with Crippen molar-refractivity contribution in [1.29, 1.82) is 0 Å². The summed E-state index contributed by atoms with van der Waals surface area (Å²) in [6.07, 6.45) is 4.50. The van der Waals surface area contributed by atoms with Crippen molar-refractivity contribution < 1.29 is 19.1 Å². The Morgan fingerprint density at radius 3 is 2.05 bits per heavy atom. The maximum Gasteiger partial charge on any atom is 0.305 e. The van der Waals surface area contributed by atoms with E-state index in [0.717, 1.165) is 67.1 Å². The second-order valence-corrected chi connectivity index (χ2v) is 10.2. The van der Waals surface area contributed by atoms with Gasteiger partial charge in [0.2, 0.25) is 0 Å². The van der Waals surface area contributed by atoms with Gasteiger partial charge in [-0.05, 0) is 33.6 Å². The van der Waals surface area contributed by atoms with Gasteiger partial charge in [0, 0.05) is 44.0 Å². The second kappa shape index (κ2) is 13.4. The number of hydrogen-bond donors (Lipinski definition) is 0. The molecule has 2 heterocycles. The average Bonchev–Trinajstić information content (AvgIpc) is 2.92. The number of rotatable bonds is 11. The third kappa shape index (κ3) is 7.43. The summed E-state index contributed by atoms with van der Waals surface area (Å²) in [4.78, 5) is 36.2. The largest absolute Gasteiger partial charge is 0.466 e. The fourth-order valence-electron chi connectivity index (χ4n) is 4.92. The SMILES string of the molecule is CCOC(=O)CCCCCCN1CCC(OC(C)=O)c2nc(-c3ccc(C)cc3)c(-c3ccc(C)cc3)nc21. The van der Waals surface area contributed by atoms with Crippen molar-refractivity contribution in [3.05, 3.63) is 65.4 Å². The number of benzene rings is 2. The molecule has 2 aromatic carbocycles. The van der Waals surface area contributed by atoms with Crippen molar-refractivity contribution in [2.24, 2.45) is 0 Å². The Bertz CT molecular complexity index is 1270. The molecule has 206 valence electrons. The molecule has 1 aliphatic heterocycles. The van der Waals surface area contributed by atoms with Gasteiger partial charge in [0.05, 0.1) is 18.0 Å². The molecule has 0 spiro atoms. The number of nitrogens with zero attached hydrogens (tertiary/aromatic N) is 3. The van der Waals surface area contributed by atoms with E-state index in [9.17, 15) is 9.59 Å². The summed E-state index contributed by atoms with van der Waals surface area (Å²) in [5.41, 5.74) is 6.65. The van der Waals surface area contributed by atoms with Crippen LogP contribution in [0.1, 0.15) is 75.3 Å². The van der Waals surface area contributed by atoms with Gasteiger partial charge in [-0.25, -0.2) is 9.97 Å². The average molecular weight is 530 g/mol. The van der Waals surface area contributed by atoms with E-state index in [-0.39, 0.29) is 11.9 Å². The normalized spacial score (nSPS) is 14.6. The number of anilines is 1. The highest BCUT2D eigenvalue weighted by Gasteiger charge is 2.32. The van der Waals surface area contributed by atoms with Crippen LogP contribution in [0.4, 0.5) is 5.82 Å². The molecule has 0 amide bonds. The van der Waals surface area contributed by atoms with E-state index in [1.165, 1.54) is 18.1 Å². The van der Waals surface area contributed by atoms with Crippen LogP contribution in [0.15, 0.2) is 48.5 Å². The standard InChI is InChI=1S/C32H39N3O4/c1-5-38-28(37)10-8-6-7-9-20-35-21-19-27(39-24(4)36)31-32(35)34-30(26-17-13-23(3)14-18-26)29(33-31)25-15-11-22(2)12-16-25/h11-18,27H,5-10,19-21H2,1-4H3. The topological polar surface area (TPSA) is 81.6 Å². The Morgan fingerprint density at radius 2 is 1.46 bits per heavy atom. The number of carbonyl (C=O) groups excluding carboxylic acids is 2. The highest BCUT2D eigenvalue weighted by Crippen LogP contribution is 2.39. The van der Waals surface area contributed by atoms with Crippen LogP contribution in [0, 0.1) is 13.8 Å². The van der Waals surface area contributed by atoms with Crippen LogP contribution >= 0.6 is 0 Å². The van der Waals surface area contributed by atoms with Gasteiger partial charge in [-0.15, -0.1) is 0 Å². The van der Waals surface area contributed by atoms with E-state index in [1.807, 2.05) is 6.92 Å². The van der Waals surface area contributed by atoms with E-state index in [4.69, 9.17) is 19.4 Å². The molecule has 0 bridgehead atoms. The lowest BCUT2D eigenvalue weighted by molar-refractivity contribution is -0.147. The summed E-state index contributed by atoms with van der Waals surface area (Å²) >= 11 is 0. The molecule has 1 aliphatic rings. The van der Waals surface area contributed by atoms with Crippen LogP contribution in [-0.4, -0.2) is 41.6 Å². The fourth-order valence-corrected chi connectivity index (χ4v) is 4.92. The molecule has 0 saturated heterocycles. The highest BCUT2D eigenvalue weighted by atomic mass is 16.5. The highest BCUT2D eigenvalue weighted by molar-refractivity contribution is 5.80. The van der Waals surface area contributed by atoms with Crippen molar-refractivity contribution in [2.45, 2.75) is 72.3 Å². The van der Waals surface area contributed by atoms with Crippen molar-refractivity contribution >= 4 is 17.8 Å². The molecule has 0 aliphatic carbocycles. The van der Waals surface area contributed by atoms with Gasteiger partial charge in [-0.2, -0.15) is 0 Å². The van der Waals surface area contributed by atoms with E-state index in [2.05, 4.69) is 67.3 Å². The fraction of sp³-hybridized carbons (Fsp3) is 0.438. The monoisotopic (exact) mass is 529 g/mol. The molecular formula is C32H39N3O4. The van der Waals surface area contributed by atoms with Crippen LogP contribution in [0.25, 0.3) is 22.5 Å². The van der Waals surface area contributed by atoms with Crippen LogP contribution < -0.4 is 4.90 Å². The number of aryl methyl sites for hydroxylation is 2. The van der Waals surface area contributed by atoms with Crippen LogP contribution in [0.5, 0.6) is 0 Å². The number of fused-ring (bicyclic) bond motifs is 1. The molecule has 0 radical (unpaired) electrons. The Balaban J connectivity index is 1.64. The Hall–Kier alpha value is -3.74. The zero-order valence-corrected chi connectivity index (χ0v) is 23.5. The minimum Gasteiger partial charge on any atom is -0.466 e. The molecule has 1 aromatic heterocycles. The molecule has 0 N–H and O–H groups in total. The Kier molecular flexibility index (Phi) is 9.69.